The number of nitrogens with zero attached hydrogens (tertiary/aromatic N) is 1. The van der Waals surface area contributed by atoms with Crippen molar-refractivity contribution in [3.05, 3.63) is 71.7 Å². The van der Waals surface area contributed by atoms with Crippen LogP contribution in [0.15, 0.2) is 55.0 Å². The molecule has 3 nitrogen and oxygen atoms in total. The highest BCUT2D eigenvalue weighted by atomic mass is 16.3. The molecule has 0 spiro atoms. The Bertz CT molecular complexity index is 789. The van der Waals surface area contributed by atoms with Gasteiger partial charge in [-0.15, -0.1) is 0 Å². The van der Waals surface area contributed by atoms with E-state index in [9.17, 15) is 0 Å². The molecule has 1 heterocycles. The Morgan fingerprint density at radius 3 is 2.52 bits per heavy atom. The summed E-state index contributed by atoms with van der Waals surface area (Å²) in [4.78, 5) is 4.27. The van der Waals surface area contributed by atoms with E-state index in [2.05, 4.69) is 54.5 Å². The Balaban J connectivity index is 0.00000126. The molecular formula is C24H32N2O. The van der Waals surface area contributed by atoms with Crippen LogP contribution in [-0.4, -0.2) is 16.8 Å². The predicted molar refractivity (Wildman–Crippen MR) is 115 cm³/mol. The fourth-order valence-electron chi connectivity index (χ4n) is 3.15. The van der Waals surface area contributed by atoms with Crippen LogP contribution in [0.3, 0.4) is 0 Å². The van der Waals surface area contributed by atoms with E-state index in [-0.39, 0.29) is 6.73 Å². The molecule has 0 atom stereocenters. The maximum Gasteiger partial charge on any atom is 0.112 e. The van der Waals surface area contributed by atoms with E-state index in [1.54, 1.807) is 0 Å². The topological polar surface area (TPSA) is 45.1 Å². The minimum Gasteiger partial charge on any atom is -0.377 e. The zero-order valence-corrected chi connectivity index (χ0v) is 17.0. The van der Waals surface area contributed by atoms with Crippen molar-refractivity contribution in [3.8, 4) is 11.1 Å². The molecule has 1 fully saturated rings. The van der Waals surface area contributed by atoms with Crippen molar-refractivity contribution in [2.24, 2.45) is 5.92 Å². The van der Waals surface area contributed by atoms with Gasteiger partial charge in [0.2, 0.25) is 0 Å². The Kier molecular flexibility index (Phi) is 8.28. The highest BCUT2D eigenvalue weighted by Crippen LogP contribution is 2.31. The van der Waals surface area contributed by atoms with Crippen LogP contribution in [0.1, 0.15) is 49.8 Å². The number of hydrogen-bond donors (Lipinski definition) is 2. The summed E-state index contributed by atoms with van der Waals surface area (Å²) in [5, 5.41) is 12.0. The molecule has 3 rings (SSSR count). The second-order valence-corrected chi connectivity index (χ2v) is 6.73. The molecule has 0 amide bonds. The monoisotopic (exact) mass is 364 g/mol. The minimum atomic E-state index is -0.0628. The van der Waals surface area contributed by atoms with Gasteiger partial charge in [-0.3, -0.25) is 4.98 Å². The summed E-state index contributed by atoms with van der Waals surface area (Å²) < 4.78 is 0. The average Bonchev–Trinajstić information content (AvgIpc) is 2.65. The molecule has 2 aromatic rings. The van der Waals surface area contributed by atoms with E-state index in [0.717, 1.165) is 11.1 Å². The largest absolute Gasteiger partial charge is 0.377 e. The molecule has 2 N–H and O–H groups in total. The fourth-order valence-corrected chi connectivity index (χ4v) is 3.15. The molecule has 1 aromatic heterocycles. The van der Waals surface area contributed by atoms with E-state index in [1.807, 2.05) is 38.5 Å². The Morgan fingerprint density at radius 1 is 1.15 bits per heavy atom. The quantitative estimate of drug-likeness (QED) is 0.516. The molecule has 1 aliphatic rings. The predicted octanol–water partition coefficient (Wildman–Crippen LogP) is 5.63. The number of aliphatic hydroxyl groups is 1. The summed E-state index contributed by atoms with van der Waals surface area (Å²) in [6.07, 6.45) is 14.0. The third kappa shape index (κ3) is 5.54. The summed E-state index contributed by atoms with van der Waals surface area (Å²) in [7, 11) is 0. The van der Waals surface area contributed by atoms with Crippen molar-refractivity contribution in [2.45, 2.75) is 47.0 Å². The lowest BCUT2D eigenvalue weighted by molar-refractivity contribution is 0.280. The Hall–Kier alpha value is -2.39. The van der Waals surface area contributed by atoms with Crippen molar-refractivity contribution in [2.75, 3.05) is 6.73 Å². The molecular weight excluding hydrogens is 332 g/mol. The molecule has 27 heavy (non-hydrogen) atoms. The molecule has 1 saturated carbocycles. The second kappa shape index (κ2) is 10.7. The van der Waals surface area contributed by atoms with Crippen LogP contribution in [-0.2, 0) is 0 Å². The number of pyridine rings is 1. The first-order valence-corrected chi connectivity index (χ1v) is 9.93. The van der Waals surface area contributed by atoms with E-state index < -0.39 is 0 Å². The summed E-state index contributed by atoms with van der Waals surface area (Å²) in [6, 6.07) is 8.56. The van der Waals surface area contributed by atoms with Crippen LogP contribution in [0.2, 0.25) is 0 Å². The summed E-state index contributed by atoms with van der Waals surface area (Å²) >= 11 is 0. The number of rotatable bonds is 6. The van der Waals surface area contributed by atoms with Crippen LogP contribution in [0.4, 0.5) is 0 Å². The maximum absolute atomic E-state index is 9.09. The molecule has 0 bridgehead atoms. The van der Waals surface area contributed by atoms with Gasteiger partial charge in [0.05, 0.1) is 0 Å². The summed E-state index contributed by atoms with van der Waals surface area (Å²) in [5.41, 5.74) is 7.09. The fraction of sp³-hybridized carbons (Fsp3) is 0.375. The lowest BCUT2D eigenvalue weighted by Crippen LogP contribution is -2.08. The zero-order chi connectivity index (χ0) is 19.6. The van der Waals surface area contributed by atoms with Crippen molar-refractivity contribution >= 4 is 5.57 Å². The number of aliphatic hydroxyl groups excluding tert-OH is 1. The lowest BCUT2D eigenvalue weighted by Gasteiger charge is -2.21. The van der Waals surface area contributed by atoms with Crippen LogP contribution in [0.5, 0.6) is 0 Å². The lowest BCUT2D eigenvalue weighted by atomic mass is 9.84. The van der Waals surface area contributed by atoms with E-state index >= 15 is 0 Å². The molecule has 3 heteroatoms. The number of benzene rings is 1. The molecule has 0 radical (unpaired) electrons. The normalized spacial score (nSPS) is 14.5. The minimum absolute atomic E-state index is 0.0628. The van der Waals surface area contributed by atoms with Crippen molar-refractivity contribution in [3.63, 3.8) is 0 Å². The van der Waals surface area contributed by atoms with Gasteiger partial charge < -0.3 is 10.4 Å². The van der Waals surface area contributed by atoms with Crippen molar-refractivity contribution < 1.29 is 5.11 Å². The van der Waals surface area contributed by atoms with Gasteiger partial charge in [-0.05, 0) is 66.5 Å². The van der Waals surface area contributed by atoms with Gasteiger partial charge in [-0.1, -0.05) is 50.6 Å². The Labute approximate surface area is 163 Å². The Morgan fingerprint density at radius 2 is 1.93 bits per heavy atom. The first kappa shape index (κ1) is 20.9. The maximum atomic E-state index is 9.09. The van der Waals surface area contributed by atoms with Gasteiger partial charge in [0.15, 0.2) is 0 Å². The van der Waals surface area contributed by atoms with Gasteiger partial charge in [-0.2, -0.15) is 0 Å². The van der Waals surface area contributed by atoms with Crippen molar-refractivity contribution in [1.82, 2.24) is 10.3 Å². The second-order valence-electron chi connectivity index (χ2n) is 6.73. The van der Waals surface area contributed by atoms with Gasteiger partial charge in [0, 0.05) is 24.2 Å². The van der Waals surface area contributed by atoms with Crippen LogP contribution in [0, 0.1) is 19.8 Å². The molecule has 0 aliphatic heterocycles. The number of aromatic nitrogens is 1. The third-order valence-corrected chi connectivity index (χ3v) is 4.94. The van der Waals surface area contributed by atoms with Gasteiger partial charge in [0.1, 0.15) is 6.73 Å². The van der Waals surface area contributed by atoms with E-state index in [4.69, 9.17) is 5.11 Å². The smallest absolute Gasteiger partial charge is 0.112 e. The number of allylic oxidation sites excluding steroid dienone is 3. The molecule has 0 unspecified atom stereocenters. The van der Waals surface area contributed by atoms with Crippen molar-refractivity contribution in [1.29, 1.82) is 0 Å². The summed E-state index contributed by atoms with van der Waals surface area (Å²) in [6.45, 7) is 8.19. The standard InChI is InChI=1S/C22H26N2O.C2H6/c1-16-10-11-23-14-22(16)21-9-8-19(12-17(21)2)20(13-24-15-25)7-6-18-4-3-5-18;1-2/h6-14,18,24-25H,3-5,15H2,1-2H3;1-2H3/b7-6-,20-13+;. The SMILES string of the molecule is CC.Cc1cc(C(/C=C\C2CCC2)=C/NCO)ccc1-c1cnccc1C. The molecule has 1 aliphatic carbocycles. The van der Waals surface area contributed by atoms with Crippen LogP contribution < -0.4 is 5.32 Å². The highest BCUT2D eigenvalue weighted by molar-refractivity contribution is 5.78. The molecule has 0 saturated heterocycles. The van der Waals surface area contributed by atoms with Crippen LogP contribution in [0.25, 0.3) is 16.7 Å². The van der Waals surface area contributed by atoms with Gasteiger partial charge >= 0.3 is 0 Å². The zero-order valence-electron chi connectivity index (χ0n) is 17.0. The third-order valence-electron chi connectivity index (χ3n) is 4.94. The van der Waals surface area contributed by atoms with Gasteiger partial charge in [0.25, 0.3) is 0 Å². The van der Waals surface area contributed by atoms with Crippen LogP contribution >= 0.6 is 0 Å². The van der Waals surface area contributed by atoms with Gasteiger partial charge in [-0.25, -0.2) is 0 Å². The first-order valence-electron chi connectivity index (χ1n) is 9.93. The summed E-state index contributed by atoms with van der Waals surface area (Å²) in [5.74, 6) is 0.705. The number of hydrogen-bond acceptors (Lipinski definition) is 3. The molecule has 1 aromatic carbocycles. The first-order chi connectivity index (χ1) is 13.2. The van der Waals surface area contributed by atoms with E-state index in [0.29, 0.717) is 5.92 Å². The molecule has 144 valence electrons. The number of aryl methyl sites for hydroxylation is 2. The average molecular weight is 365 g/mol. The van der Waals surface area contributed by atoms with E-state index in [1.165, 1.54) is 41.5 Å². The highest BCUT2D eigenvalue weighted by Gasteiger charge is 2.14. The number of nitrogens with one attached hydrogen (secondary N) is 1.